The molecule has 1 fully saturated rings. The Morgan fingerprint density at radius 3 is 3.09 bits per heavy atom. The highest BCUT2D eigenvalue weighted by atomic mass is 15.4. The van der Waals surface area contributed by atoms with E-state index in [9.17, 15) is 0 Å². The van der Waals surface area contributed by atoms with E-state index in [1.165, 1.54) is 5.56 Å². The number of hydrogen-bond acceptors (Lipinski definition) is 5. The van der Waals surface area contributed by atoms with Crippen molar-refractivity contribution < 1.29 is 0 Å². The zero-order valence-corrected chi connectivity index (χ0v) is 12.1. The van der Waals surface area contributed by atoms with Crippen molar-refractivity contribution >= 4 is 0 Å². The molecular formula is C15H17N7. The van der Waals surface area contributed by atoms with Crippen molar-refractivity contribution in [1.82, 2.24) is 34.8 Å². The molecule has 0 spiro atoms. The molecule has 1 N–H and O–H groups in total. The summed E-state index contributed by atoms with van der Waals surface area (Å²) in [6, 6.07) is 4.40. The minimum absolute atomic E-state index is 0.413. The standard InChI is InChI=1S/C15H17N7/c1-2-12(6-16-4-1)15-13(7-18-20-15)8-21-5-3-14(9-21)22-11-17-10-19-22/h1-2,4,6-7,10-11,14H,3,5,8-9H2,(H,18,20). The molecule has 4 rings (SSSR count). The Bertz CT molecular complexity index is 719. The Labute approximate surface area is 128 Å². The lowest BCUT2D eigenvalue weighted by atomic mass is 10.1. The molecule has 7 nitrogen and oxygen atoms in total. The third kappa shape index (κ3) is 2.50. The maximum absolute atomic E-state index is 4.25. The minimum atomic E-state index is 0.413. The lowest BCUT2D eigenvalue weighted by molar-refractivity contribution is 0.312. The number of nitrogens with zero attached hydrogens (tertiary/aromatic N) is 6. The fourth-order valence-electron chi connectivity index (χ4n) is 3.01. The first-order valence-electron chi connectivity index (χ1n) is 7.39. The Morgan fingerprint density at radius 1 is 1.27 bits per heavy atom. The predicted octanol–water partition coefficient (Wildman–Crippen LogP) is 1.51. The zero-order chi connectivity index (χ0) is 14.8. The molecule has 0 saturated carbocycles. The molecule has 0 amide bonds. The van der Waals surface area contributed by atoms with Gasteiger partial charge in [-0.1, -0.05) is 0 Å². The zero-order valence-electron chi connectivity index (χ0n) is 12.1. The summed E-state index contributed by atoms with van der Waals surface area (Å²) in [5, 5.41) is 11.5. The van der Waals surface area contributed by atoms with Crippen LogP contribution in [0.3, 0.4) is 0 Å². The van der Waals surface area contributed by atoms with Crippen molar-refractivity contribution in [1.29, 1.82) is 0 Å². The van der Waals surface area contributed by atoms with Gasteiger partial charge in [-0.25, -0.2) is 9.67 Å². The van der Waals surface area contributed by atoms with Crippen LogP contribution in [0, 0.1) is 0 Å². The summed E-state index contributed by atoms with van der Waals surface area (Å²) in [5.74, 6) is 0. The molecule has 1 aliphatic heterocycles. The SMILES string of the molecule is c1cncc(-c2[nH]ncc2CN2CCC(n3cncn3)C2)c1. The van der Waals surface area contributed by atoms with E-state index in [0.717, 1.165) is 37.3 Å². The lowest BCUT2D eigenvalue weighted by Crippen LogP contribution is -2.21. The number of likely N-dealkylation sites (tertiary alicyclic amines) is 1. The molecule has 0 aromatic carbocycles. The van der Waals surface area contributed by atoms with Gasteiger partial charge in [-0.2, -0.15) is 10.2 Å². The van der Waals surface area contributed by atoms with Gasteiger partial charge in [0, 0.05) is 43.2 Å². The van der Waals surface area contributed by atoms with Gasteiger partial charge in [0.05, 0.1) is 17.9 Å². The van der Waals surface area contributed by atoms with Gasteiger partial charge in [0.2, 0.25) is 0 Å². The molecule has 112 valence electrons. The van der Waals surface area contributed by atoms with E-state index in [0.29, 0.717) is 6.04 Å². The highest BCUT2D eigenvalue weighted by molar-refractivity contribution is 5.61. The molecule has 7 heteroatoms. The van der Waals surface area contributed by atoms with Crippen molar-refractivity contribution in [2.24, 2.45) is 0 Å². The fraction of sp³-hybridized carbons (Fsp3) is 0.333. The number of rotatable bonds is 4. The fourth-order valence-corrected chi connectivity index (χ4v) is 3.01. The monoisotopic (exact) mass is 295 g/mol. The van der Waals surface area contributed by atoms with Crippen LogP contribution < -0.4 is 0 Å². The van der Waals surface area contributed by atoms with E-state index in [-0.39, 0.29) is 0 Å². The van der Waals surface area contributed by atoms with E-state index >= 15 is 0 Å². The molecule has 0 radical (unpaired) electrons. The summed E-state index contributed by atoms with van der Waals surface area (Å²) in [6.45, 7) is 2.93. The highest BCUT2D eigenvalue weighted by Gasteiger charge is 2.25. The van der Waals surface area contributed by atoms with Crippen LogP contribution in [-0.4, -0.2) is 47.9 Å². The van der Waals surface area contributed by atoms with E-state index in [1.54, 1.807) is 18.9 Å². The molecule has 4 heterocycles. The van der Waals surface area contributed by atoms with Crippen molar-refractivity contribution in [3.63, 3.8) is 0 Å². The van der Waals surface area contributed by atoms with Crippen LogP contribution in [0.2, 0.25) is 0 Å². The molecule has 22 heavy (non-hydrogen) atoms. The molecule has 0 aliphatic carbocycles. The van der Waals surface area contributed by atoms with Crippen LogP contribution >= 0.6 is 0 Å². The summed E-state index contributed by atoms with van der Waals surface area (Å²) >= 11 is 0. The van der Waals surface area contributed by atoms with E-state index in [2.05, 4.69) is 30.2 Å². The largest absolute Gasteiger partial charge is 0.297 e. The van der Waals surface area contributed by atoms with Gasteiger partial charge < -0.3 is 0 Å². The second kappa shape index (κ2) is 5.69. The number of pyridine rings is 1. The molecule has 3 aromatic rings. The summed E-state index contributed by atoms with van der Waals surface area (Å²) in [4.78, 5) is 10.6. The second-order valence-corrected chi connectivity index (χ2v) is 5.57. The minimum Gasteiger partial charge on any atom is -0.297 e. The van der Waals surface area contributed by atoms with Crippen LogP contribution in [0.5, 0.6) is 0 Å². The number of nitrogens with one attached hydrogen (secondary N) is 1. The highest BCUT2D eigenvalue weighted by Crippen LogP contribution is 2.25. The summed E-state index contributed by atoms with van der Waals surface area (Å²) in [7, 11) is 0. The Morgan fingerprint density at radius 2 is 2.27 bits per heavy atom. The summed E-state index contributed by atoms with van der Waals surface area (Å²) < 4.78 is 1.96. The normalized spacial score (nSPS) is 18.8. The van der Waals surface area contributed by atoms with Gasteiger partial charge in [-0.15, -0.1) is 0 Å². The Balaban J connectivity index is 1.48. The number of H-pyrrole nitrogens is 1. The van der Waals surface area contributed by atoms with Crippen molar-refractivity contribution in [3.8, 4) is 11.3 Å². The van der Waals surface area contributed by atoms with Gasteiger partial charge in [0.15, 0.2) is 0 Å². The number of aromatic nitrogens is 6. The van der Waals surface area contributed by atoms with Gasteiger partial charge in [-0.3, -0.25) is 15.0 Å². The first kappa shape index (κ1) is 13.1. The van der Waals surface area contributed by atoms with Crippen LogP contribution in [0.25, 0.3) is 11.3 Å². The quantitative estimate of drug-likeness (QED) is 0.789. The lowest BCUT2D eigenvalue weighted by Gasteiger charge is -2.16. The maximum Gasteiger partial charge on any atom is 0.137 e. The van der Waals surface area contributed by atoms with Gasteiger partial charge in [-0.05, 0) is 18.6 Å². The first-order chi connectivity index (χ1) is 10.9. The third-order valence-electron chi connectivity index (χ3n) is 4.12. The summed E-state index contributed by atoms with van der Waals surface area (Å²) in [6.07, 6.45) is 10.0. The van der Waals surface area contributed by atoms with Gasteiger partial charge >= 0.3 is 0 Å². The average Bonchev–Trinajstić information content (AvgIpc) is 3.30. The van der Waals surface area contributed by atoms with Crippen LogP contribution in [0.1, 0.15) is 18.0 Å². The predicted molar refractivity (Wildman–Crippen MR) is 80.8 cm³/mol. The molecule has 1 saturated heterocycles. The van der Waals surface area contributed by atoms with Crippen LogP contribution in [-0.2, 0) is 6.54 Å². The first-order valence-corrected chi connectivity index (χ1v) is 7.39. The summed E-state index contributed by atoms with van der Waals surface area (Å²) in [5.41, 5.74) is 3.33. The molecule has 1 unspecified atom stereocenters. The molecule has 0 bridgehead atoms. The van der Waals surface area contributed by atoms with E-state index in [4.69, 9.17) is 0 Å². The smallest absolute Gasteiger partial charge is 0.137 e. The van der Waals surface area contributed by atoms with Crippen LogP contribution in [0.15, 0.2) is 43.4 Å². The van der Waals surface area contributed by atoms with E-state index < -0.39 is 0 Å². The molecular weight excluding hydrogens is 278 g/mol. The van der Waals surface area contributed by atoms with Crippen molar-refractivity contribution in [3.05, 3.63) is 48.9 Å². The number of hydrogen-bond donors (Lipinski definition) is 1. The number of aromatic amines is 1. The second-order valence-electron chi connectivity index (χ2n) is 5.57. The van der Waals surface area contributed by atoms with Gasteiger partial charge in [0.25, 0.3) is 0 Å². The maximum atomic E-state index is 4.25. The molecule has 3 aromatic heterocycles. The van der Waals surface area contributed by atoms with Crippen molar-refractivity contribution in [2.45, 2.75) is 19.0 Å². The van der Waals surface area contributed by atoms with E-state index in [1.807, 2.05) is 29.2 Å². The Kier molecular flexibility index (Phi) is 3.40. The molecule has 1 atom stereocenters. The average molecular weight is 295 g/mol. The van der Waals surface area contributed by atoms with Crippen molar-refractivity contribution in [2.75, 3.05) is 13.1 Å². The Hall–Kier alpha value is -2.54. The van der Waals surface area contributed by atoms with Crippen LogP contribution in [0.4, 0.5) is 0 Å². The van der Waals surface area contributed by atoms with Gasteiger partial charge in [0.1, 0.15) is 12.7 Å². The molecule has 1 aliphatic rings. The topological polar surface area (TPSA) is 75.5 Å². The third-order valence-corrected chi connectivity index (χ3v) is 4.12.